The first-order valence-corrected chi connectivity index (χ1v) is 7.47. The van der Waals surface area contributed by atoms with E-state index in [-0.39, 0.29) is 6.10 Å². The molecule has 1 saturated heterocycles. The Labute approximate surface area is 129 Å². The fourth-order valence-electron chi connectivity index (χ4n) is 2.70. The number of hydrogen-bond donors (Lipinski definition) is 2. The van der Waals surface area contributed by atoms with E-state index in [9.17, 15) is 0 Å². The second-order valence-electron chi connectivity index (χ2n) is 5.38. The van der Waals surface area contributed by atoms with E-state index in [0.29, 0.717) is 6.79 Å². The van der Waals surface area contributed by atoms with Crippen molar-refractivity contribution < 1.29 is 14.2 Å². The molecule has 0 aliphatic carbocycles. The van der Waals surface area contributed by atoms with Crippen LogP contribution in [0.5, 0.6) is 11.5 Å². The van der Waals surface area contributed by atoms with Crippen LogP contribution in [0.15, 0.2) is 42.5 Å². The predicted molar refractivity (Wildman–Crippen MR) is 83.9 cm³/mol. The molecule has 5 heteroatoms. The van der Waals surface area contributed by atoms with E-state index in [1.165, 1.54) is 5.56 Å². The maximum absolute atomic E-state index is 5.76. The molecule has 2 aliphatic heterocycles. The van der Waals surface area contributed by atoms with Gasteiger partial charge in [0.1, 0.15) is 0 Å². The second-order valence-corrected chi connectivity index (χ2v) is 5.38. The fourth-order valence-corrected chi connectivity index (χ4v) is 2.70. The van der Waals surface area contributed by atoms with Crippen LogP contribution in [0.1, 0.15) is 11.7 Å². The number of benzene rings is 2. The van der Waals surface area contributed by atoms with E-state index in [0.717, 1.165) is 42.6 Å². The number of nitrogens with one attached hydrogen (secondary N) is 2. The van der Waals surface area contributed by atoms with Gasteiger partial charge in [0, 0.05) is 30.5 Å². The SMILES string of the molecule is c1cc(C2CNCCO2)ccc1Nc1ccc2c(c1)OCO2. The minimum atomic E-state index is 0.147. The van der Waals surface area contributed by atoms with Gasteiger partial charge in [0.15, 0.2) is 11.5 Å². The van der Waals surface area contributed by atoms with E-state index in [1.54, 1.807) is 0 Å². The zero-order valence-corrected chi connectivity index (χ0v) is 12.2. The van der Waals surface area contributed by atoms with Crippen molar-refractivity contribution >= 4 is 11.4 Å². The first-order valence-electron chi connectivity index (χ1n) is 7.47. The summed E-state index contributed by atoms with van der Waals surface area (Å²) >= 11 is 0. The highest BCUT2D eigenvalue weighted by molar-refractivity contribution is 5.64. The van der Waals surface area contributed by atoms with Crippen LogP contribution in [0.3, 0.4) is 0 Å². The molecule has 1 fully saturated rings. The van der Waals surface area contributed by atoms with Gasteiger partial charge in [-0.05, 0) is 29.8 Å². The van der Waals surface area contributed by atoms with Crippen molar-refractivity contribution in [1.82, 2.24) is 5.32 Å². The van der Waals surface area contributed by atoms with E-state index in [1.807, 2.05) is 18.2 Å². The van der Waals surface area contributed by atoms with Crippen LogP contribution in [0, 0.1) is 0 Å². The summed E-state index contributed by atoms with van der Waals surface area (Å²) in [6.07, 6.45) is 0.147. The number of ether oxygens (including phenoxy) is 3. The maximum atomic E-state index is 5.76. The monoisotopic (exact) mass is 298 g/mol. The van der Waals surface area contributed by atoms with Crippen molar-refractivity contribution in [1.29, 1.82) is 0 Å². The summed E-state index contributed by atoms with van der Waals surface area (Å²) in [5.41, 5.74) is 3.21. The third kappa shape index (κ3) is 2.73. The molecular formula is C17H18N2O3. The molecule has 0 bridgehead atoms. The molecule has 2 aliphatic rings. The molecule has 0 amide bonds. The van der Waals surface area contributed by atoms with Crippen molar-refractivity contribution in [2.75, 3.05) is 31.8 Å². The Kier molecular flexibility index (Phi) is 3.58. The number of anilines is 2. The van der Waals surface area contributed by atoms with Gasteiger partial charge >= 0.3 is 0 Å². The van der Waals surface area contributed by atoms with Crippen molar-refractivity contribution in [3.63, 3.8) is 0 Å². The van der Waals surface area contributed by atoms with Crippen LogP contribution in [-0.4, -0.2) is 26.5 Å². The third-order valence-electron chi connectivity index (χ3n) is 3.87. The average Bonchev–Trinajstić information content (AvgIpc) is 3.04. The summed E-state index contributed by atoms with van der Waals surface area (Å²) in [7, 11) is 0. The second kappa shape index (κ2) is 5.87. The van der Waals surface area contributed by atoms with Crippen LogP contribution in [0.4, 0.5) is 11.4 Å². The van der Waals surface area contributed by atoms with Gasteiger partial charge in [-0.2, -0.15) is 0 Å². The molecule has 114 valence electrons. The van der Waals surface area contributed by atoms with Crippen molar-refractivity contribution in [2.45, 2.75) is 6.10 Å². The summed E-state index contributed by atoms with van der Waals surface area (Å²) in [6, 6.07) is 14.2. The Balaban J connectivity index is 1.46. The van der Waals surface area contributed by atoms with Gasteiger partial charge < -0.3 is 24.8 Å². The highest BCUT2D eigenvalue weighted by Gasteiger charge is 2.16. The molecule has 2 heterocycles. The molecule has 22 heavy (non-hydrogen) atoms. The summed E-state index contributed by atoms with van der Waals surface area (Å²) in [4.78, 5) is 0. The topological polar surface area (TPSA) is 51.8 Å². The minimum Gasteiger partial charge on any atom is -0.454 e. The molecule has 0 aromatic heterocycles. The van der Waals surface area contributed by atoms with E-state index < -0.39 is 0 Å². The lowest BCUT2D eigenvalue weighted by Crippen LogP contribution is -2.33. The fraction of sp³-hybridized carbons (Fsp3) is 0.294. The van der Waals surface area contributed by atoms with Gasteiger partial charge in [-0.1, -0.05) is 12.1 Å². The quantitative estimate of drug-likeness (QED) is 0.912. The molecule has 5 nitrogen and oxygen atoms in total. The summed E-state index contributed by atoms with van der Waals surface area (Å²) in [6.45, 7) is 2.86. The van der Waals surface area contributed by atoms with E-state index in [4.69, 9.17) is 14.2 Å². The Bertz CT molecular complexity index is 651. The van der Waals surface area contributed by atoms with Crippen LogP contribution in [-0.2, 0) is 4.74 Å². The predicted octanol–water partition coefficient (Wildman–Crippen LogP) is 2.82. The zero-order chi connectivity index (χ0) is 14.8. The number of hydrogen-bond acceptors (Lipinski definition) is 5. The molecule has 2 N–H and O–H groups in total. The first-order chi connectivity index (χ1) is 10.9. The highest BCUT2D eigenvalue weighted by Crippen LogP contribution is 2.35. The number of rotatable bonds is 3. The van der Waals surface area contributed by atoms with Crippen molar-refractivity contribution in [3.8, 4) is 11.5 Å². The summed E-state index contributed by atoms with van der Waals surface area (Å²) in [5, 5.41) is 6.72. The molecule has 1 unspecified atom stereocenters. The van der Waals surface area contributed by atoms with Gasteiger partial charge in [-0.25, -0.2) is 0 Å². The molecule has 0 spiro atoms. The van der Waals surface area contributed by atoms with Crippen LogP contribution in [0.2, 0.25) is 0 Å². The Morgan fingerprint density at radius 3 is 2.59 bits per heavy atom. The van der Waals surface area contributed by atoms with Gasteiger partial charge in [-0.3, -0.25) is 0 Å². The van der Waals surface area contributed by atoms with Crippen LogP contribution >= 0.6 is 0 Å². The smallest absolute Gasteiger partial charge is 0.231 e. The van der Waals surface area contributed by atoms with E-state index in [2.05, 4.69) is 34.9 Å². The van der Waals surface area contributed by atoms with Crippen LogP contribution in [0.25, 0.3) is 0 Å². The standard InChI is InChI=1S/C17H18N2O3/c1-3-13(4-2-12(1)17-10-18-7-8-20-17)19-14-5-6-15-16(9-14)22-11-21-15/h1-6,9,17-19H,7-8,10-11H2. The molecule has 2 aromatic rings. The third-order valence-corrected chi connectivity index (χ3v) is 3.87. The Hall–Kier alpha value is -2.24. The minimum absolute atomic E-state index is 0.147. The van der Waals surface area contributed by atoms with Gasteiger partial charge in [-0.15, -0.1) is 0 Å². The molecule has 1 atom stereocenters. The Morgan fingerprint density at radius 1 is 0.955 bits per heavy atom. The van der Waals surface area contributed by atoms with Gasteiger partial charge in [0.2, 0.25) is 6.79 Å². The molecule has 4 rings (SSSR count). The largest absolute Gasteiger partial charge is 0.454 e. The van der Waals surface area contributed by atoms with Gasteiger partial charge in [0.05, 0.1) is 12.7 Å². The summed E-state index contributed by atoms with van der Waals surface area (Å²) < 4.78 is 16.5. The number of fused-ring (bicyclic) bond motifs is 1. The summed E-state index contributed by atoms with van der Waals surface area (Å²) in [5.74, 6) is 1.58. The molecule has 2 aromatic carbocycles. The lowest BCUT2D eigenvalue weighted by atomic mass is 10.1. The van der Waals surface area contributed by atoms with Crippen molar-refractivity contribution in [3.05, 3.63) is 48.0 Å². The highest BCUT2D eigenvalue weighted by atomic mass is 16.7. The van der Waals surface area contributed by atoms with E-state index >= 15 is 0 Å². The normalized spacial score (nSPS) is 19.9. The zero-order valence-electron chi connectivity index (χ0n) is 12.2. The first kappa shape index (κ1) is 13.4. The Morgan fingerprint density at radius 2 is 1.77 bits per heavy atom. The number of morpholine rings is 1. The lowest BCUT2D eigenvalue weighted by molar-refractivity contribution is 0.0277. The van der Waals surface area contributed by atoms with Crippen molar-refractivity contribution in [2.24, 2.45) is 0 Å². The molecular weight excluding hydrogens is 280 g/mol. The lowest BCUT2D eigenvalue weighted by Gasteiger charge is -2.24. The van der Waals surface area contributed by atoms with Gasteiger partial charge in [0.25, 0.3) is 0 Å². The average molecular weight is 298 g/mol. The maximum Gasteiger partial charge on any atom is 0.231 e. The van der Waals surface area contributed by atoms with Crippen LogP contribution < -0.4 is 20.1 Å². The molecule has 0 radical (unpaired) electrons. The molecule has 0 saturated carbocycles.